The molecule has 0 saturated carbocycles. The van der Waals surface area contributed by atoms with E-state index in [1.807, 2.05) is 19.1 Å². The molecule has 0 radical (unpaired) electrons. The summed E-state index contributed by atoms with van der Waals surface area (Å²) in [4.78, 5) is 2.78. The highest BCUT2D eigenvalue weighted by atomic mass is 35.5. The van der Waals surface area contributed by atoms with Crippen molar-refractivity contribution < 1.29 is 8.42 Å². The molecular weight excluding hydrogens is 306 g/mol. The number of hydrogen-bond acceptors (Lipinski definition) is 3. The average molecular weight is 330 g/mol. The van der Waals surface area contributed by atoms with Crippen LogP contribution in [0.3, 0.4) is 0 Å². The number of rotatable bonds is 6. The van der Waals surface area contributed by atoms with E-state index in [1.165, 1.54) is 12.8 Å². The Balaban J connectivity index is 2.08. The number of piperidine rings is 1. The summed E-state index contributed by atoms with van der Waals surface area (Å²) in [7, 11) is -3.11. The number of halogens is 1. The second-order valence-electron chi connectivity index (χ2n) is 5.74. The van der Waals surface area contributed by atoms with Crippen molar-refractivity contribution in [2.45, 2.75) is 37.5 Å². The van der Waals surface area contributed by atoms with Crippen molar-refractivity contribution in [2.75, 3.05) is 29.6 Å². The van der Waals surface area contributed by atoms with Crippen LogP contribution in [0.2, 0.25) is 0 Å². The first-order valence-corrected chi connectivity index (χ1v) is 9.89. The van der Waals surface area contributed by atoms with Gasteiger partial charge in [-0.1, -0.05) is 6.92 Å². The number of benzene rings is 1. The van der Waals surface area contributed by atoms with Crippen LogP contribution in [-0.2, 0) is 9.84 Å². The fourth-order valence-corrected chi connectivity index (χ4v) is 4.57. The quantitative estimate of drug-likeness (QED) is 0.746. The molecule has 0 spiro atoms. The van der Waals surface area contributed by atoms with Gasteiger partial charge in [-0.2, -0.15) is 0 Å². The first kappa shape index (κ1) is 16.6. The van der Waals surface area contributed by atoms with E-state index >= 15 is 0 Å². The lowest BCUT2D eigenvalue weighted by atomic mass is 9.95. The Morgan fingerprint density at radius 1 is 1.29 bits per heavy atom. The van der Waals surface area contributed by atoms with E-state index in [2.05, 4.69) is 4.90 Å². The molecule has 0 N–H and O–H groups in total. The average Bonchev–Trinajstić information content (AvgIpc) is 2.48. The van der Waals surface area contributed by atoms with Crippen LogP contribution >= 0.6 is 11.6 Å². The largest absolute Gasteiger partial charge is 0.371 e. The van der Waals surface area contributed by atoms with Crippen molar-refractivity contribution in [3.8, 4) is 0 Å². The van der Waals surface area contributed by atoms with Crippen LogP contribution in [0.4, 0.5) is 5.69 Å². The Bertz CT molecular complexity index is 540. The van der Waals surface area contributed by atoms with Gasteiger partial charge in [0.15, 0.2) is 9.84 Å². The summed E-state index contributed by atoms with van der Waals surface area (Å²) in [6.45, 7) is 3.95. The van der Waals surface area contributed by atoms with Gasteiger partial charge in [-0.05, 0) is 55.9 Å². The Kier molecular flexibility index (Phi) is 5.94. The highest BCUT2D eigenvalue weighted by molar-refractivity contribution is 7.91. The van der Waals surface area contributed by atoms with Crippen LogP contribution in [-0.4, -0.2) is 33.1 Å². The van der Waals surface area contributed by atoms with Crippen LogP contribution in [0.25, 0.3) is 0 Å². The molecule has 5 heteroatoms. The summed E-state index contributed by atoms with van der Waals surface area (Å²) >= 11 is 5.84. The van der Waals surface area contributed by atoms with Gasteiger partial charge in [0, 0.05) is 24.7 Å². The van der Waals surface area contributed by atoms with Gasteiger partial charge in [0.05, 0.1) is 10.6 Å². The van der Waals surface area contributed by atoms with Crippen LogP contribution in [0.5, 0.6) is 0 Å². The Hall–Kier alpha value is -0.740. The van der Waals surface area contributed by atoms with Gasteiger partial charge in [-0.3, -0.25) is 0 Å². The molecule has 0 aliphatic carbocycles. The Morgan fingerprint density at radius 2 is 2.00 bits per heavy atom. The number of alkyl halides is 1. The Morgan fingerprint density at radius 3 is 2.62 bits per heavy atom. The van der Waals surface area contributed by atoms with E-state index in [0.29, 0.717) is 23.1 Å². The summed E-state index contributed by atoms with van der Waals surface area (Å²) in [6, 6.07) is 7.36. The fourth-order valence-electron chi connectivity index (χ4n) is 2.94. The van der Waals surface area contributed by atoms with E-state index in [-0.39, 0.29) is 5.75 Å². The minimum absolute atomic E-state index is 0.216. The maximum absolute atomic E-state index is 12.0. The highest BCUT2D eigenvalue weighted by Crippen LogP contribution is 2.26. The van der Waals surface area contributed by atoms with Gasteiger partial charge < -0.3 is 4.90 Å². The monoisotopic (exact) mass is 329 g/mol. The van der Waals surface area contributed by atoms with Crippen molar-refractivity contribution in [3.05, 3.63) is 24.3 Å². The van der Waals surface area contributed by atoms with Gasteiger partial charge in [0.1, 0.15) is 0 Å². The van der Waals surface area contributed by atoms with E-state index in [4.69, 9.17) is 11.6 Å². The zero-order chi connectivity index (χ0) is 15.3. The predicted octanol–water partition coefficient (Wildman–Crippen LogP) is 3.72. The van der Waals surface area contributed by atoms with Crippen molar-refractivity contribution in [1.29, 1.82) is 0 Å². The van der Waals surface area contributed by atoms with Gasteiger partial charge >= 0.3 is 0 Å². The smallest absolute Gasteiger partial charge is 0.178 e. The van der Waals surface area contributed by atoms with E-state index in [0.717, 1.165) is 25.2 Å². The molecule has 1 unspecified atom stereocenters. The van der Waals surface area contributed by atoms with Crippen LogP contribution < -0.4 is 4.90 Å². The molecule has 0 amide bonds. The molecule has 3 nitrogen and oxygen atoms in total. The third-order valence-corrected chi connectivity index (χ3v) is 6.22. The molecule has 1 aromatic rings. The first-order chi connectivity index (χ1) is 10.1. The van der Waals surface area contributed by atoms with E-state index in [1.54, 1.807) is 12.1 Å². The SMILES string of the molecule is CCCS(=O)(=O)c1ccc(N2CCCC(CCCl)C2)cc1. The van der Waals surface area contributed by atoms with Crippen LogP contribution in [0, 0.1) is 5.92 Å². The molecule has 1 aliphatic rings. The molecule has 1 fully saturated rings. The fraction of sp³-hybridized carbons (Fsp3) is 0.625. The lowest BCUT2D eigenvalue weighted by molar-refractivity contribution is 0.406. The predicted molar refractivity (Wildman–Crippen MR) is 89.1 cm³/mol. The molecule has 118 valence electrons. The first-order valence-electron chi connectivity index (χ1n) is 7.70. The number of sulfone groups is 1. The van der Waals surface area contributed by atoms with Crippen molar-refractivity contribution in [2.24, 2.45) is 5.92 Å². The number of hydrogen-bond donors (Lipinski definition) is 0. The van der Waals surface area contributed by atoms with Crippen LogP contribution in [0.15, 0.2) is 29.2 Å². The summed E-state index contributed by atoms with van der Waals surface area (Å²) in [5.74, 6) is 1.58. The molecular formula is C16H24ClNO2S. The number of nitrogens with zero attached hydrogens (tertiary/aromatic N) is 1. The third kappa shape index (κ3) is 4.36. The molecule has 1 saturated heterocycles. The van der Waals surface area contributed by atoms with Crippen molar-refractivity contribution in [3.63, 3.8) is 0 Å². The van der Waals surface area contributed by atoms with E-state index < -0.39 is 9.84 Å². The van der Waals surface area contributed by atoms with Gasteiger partial charge in [-0.25, -0.2) is 8.42 Å². The lowest BCUT2D eigenvalue weighted by Crippen LogP contribution is -2.35. The molecule has 21 heavy (non-hydrogen) atoms. The lowest BCUT2D eigenvalue weighted by Gasteiger charge is -2.34. The molecule has 0 aromatic heterocycles. The highest BCUT2D eigenvalue weighted by Gasteiger charge is 2.20. The minimum Gasteiger partial charge on any atom is -0.371 e. The molecule has 1 aliphatic heterocycles. The van der Waals surface area contributed by atoms with Crippen molar-refractivity contribution in [1.82, 2.24) is 0 Å². The summed E-state index contributed by atoms with van der Waals surface area (Å²) in [5, 5.41) is 0. The van der Waals surface area contributed by atoms with E-state index in [9.17, 15) is 8.42 Å². The molecule has 2 rings (SSSR count). The van der Waals surface area contributed by atoms with Crippen LogP contribution in [0.1, 0.15) is 32.6 Å². The normalized spacial score (nSPS) is 19.7. The van der Waals surface area contributed by atoms with Gasteiger partial charge in [0.2, 0.25) is 0 Å². The second kappa shape index (κ2) is 7.50. The molecule has 1 atom stereocenters. The van der Waals surface area contributed by atoms with Crippen molar-refractivity contribution >= 4 is 27.1 Å². The summed E-state index contributed by atoms with van der Waals surface area (Å²) in [6.07, 6.45) is 4.13. The maximum Gasteiger partial charge on any atom is 0.178 e. The summed E-state index contributed by atoms with van der Waals surface area (Å²) in [5.41, 5.74) is 1.12. The Labute approximate surface area is 133 Å². The standard InChI is InChI=1S/C16H24ClNO2S/c1-2-12-21(19,20)16-7-5-15(6-8-16)18-11-3-4-14(13-18)9-10-17/h5-8,14H,2-4,9-13H2,1H3. The molecule has 1 aromatic carbocycles. The van der Waals surface area contributed by atoms with Gasteiger partial charge in [-0.15, -0.1) is 11.6 Å². The topological polar surface area (TPSA) is 37.4 Å². The zero-order valence-corrected chi connectivity index (χ0v) is 14.2. The second-order valence-corrected chi connectivity index (χ2v) is 8.23. The molecule has 0 bridgehead atoms. The summed E-state index contributed by atoms with van der Waals surface area (Å²) < 4.78 is 24.1. The maximum atomic E-state index is 12.0. The van der Waals surface area contributed by atoms with Gasteiger partial charge in [0.25, 0.3) is 0 Å². The molecule has 1 heterocycles. The number of anilines is 1. The third-order valence-electron chi connectivity index (χ3n) is 4.07. The minimum atomic E-state index is -3.11. The zero-order valence-electron chi connectivity index (χ0n) is 12.6.